The second-order valence-electron chi connectivity index (χ2n) is 6.61. The molecule has 1 aliphatic heterocycles. The van der Waals surface area contributed by atoms with Crippen molar-refractivity contribution in [1.82, 2.24) is 10.6 Å². The summed E-state index contributed by atoms with van der Waals surface area (Å²) in [7, 11) is 0. The summed E-state index contributed by atoms with van der Waals surface area (Å²) in [5, 5.41) is 5.85. The van der Waals surface area contributed by atoms with Crippen molar-refractivity contribution in [1.29, 1.82) is 0 Å². The molecule has 1 fully saturated rings. The first-order valence-corrected chi connectivity index (χ1v) is 7.72. The van der Waals surface area contributed by atoms with Gasteiger partial charge in [0.2, 0.25) is 11.8 Å². The number of fused-ring (bicyclic) bond motifs is 1. The van der Waals surface area contributed by atoms with Crippen LogP contribution in [0.3, 0.4) is 0 Å². The Morgan fingerprint density at radius 1 is 1.05 bits per heavy atom. The Hall–Kier alpha value is -1.84. The summed E-state index contributed by atoms with van der Waals surface area (Å²) in [6.45, 7) is 4.11. The van der Waals surface area contributed by atoms with Crippen LogP contribution in [0, 0.1) is 11.8 Å². The van der Waals surface area contributed by atoms with Gasteiger partial charge >= 0.3 is 0 Å². The maximum atomic E-state index is 12.3. The van der Waals surface area contributed by atoms with Gasteiger partial charge in [0, 0.05) is 0 Å². The minimum atomic E-state index is -0.395. The molecule has 1 aromatic carbocycles. The fraction of sp³-hybridized carbons (Fsp3) is 0.529. The molecule has 0 radical (unpaired) electrons. The van der Waals surface area contributed by atoms with E-state index in [-0.39, 0.29) is 23.8 Å². The van der Waals surface area contributed by atoms with Crippen LogP contribution in [0.2, 0.25) is 0 Å². The standard InChI is InChI=1S/C17H22N2O2/c1-10(2)7-14-16(20)19-15(17(21)18-14)13-8-11-5-3-4-6-12(11)9-13/h3-6,10,13-15H,7-9H2,1-2H3,(H,18,21)(H,19,20)/t14-,15?/m1/s1. The second-order valence-corrected chi connectivity index (χ2v) is 6.61. The molecule has 0 spiro atoms. The molecule has 4 nitrogen and oxygen atoms in total. The van der Waals surface area contributed by atoms with Gasteiger partial charge in [-0.1, -0.05) is 38.1 Å². The Bertz CT molecular complexity index is 543. The van der Waals surface area contributed by atoms with Crippen LogP contribution in [0.5, 0.6) is 0 Å². The summed E-state index contributed by atoms with van der Waals surface area (Å²) < 4.78 is 0. The summed E-state index contributed by atoms with van der Waals surface area (Å²) in [4.78, 5) is 24.5. The lowest BCUT2D eigenvalue weighted by molar-refractivity contribution is -0.138. The van der Waals surface area contributed by atoms with E-state index in [1.165, 1.54) is 11.1 Å². The Morgan fingerprint density at radius 2 is 1.67 bits per heavy atom. The normalized spacial score (nSPS) is 25.7. The van der Waals surface area contributed by atoms with Crippen molar-refractivity contribution in [3.05, 3.63) is 35.4 Å². The van der Waals surface area contributed by atoms with Crippen molar-refractivity contribution < 1.29 is 9.59 Å². The van der Waals surface area contributed by atoms with Crippen LogP contribution in [-0.2, 0) is 22.4 Å². The lowest BCUT2D eigenvalue weighted by Crippen LogP contribution is -2.64. The highest BCUT2D eigenvalue weighted by molar-refractivity contribution is 5.97. The Morgan fingerprint density at radius 3 is 2.24 bits per heavy atom. The number of amides is 2. The zero-order valence-corrected chi connectivity index (χ0v) is 12.6. The Balaban J connectivity index is 1.69. The SMILES string of the molecule is CC(C)C[C@H]1NC(=O)C(C2Cc3ccccc3C2)NC1=O. The molecule has 1 unspecified atom stereocenters. The van der Waals surface area contributed by atoms with Crippen LogP contribution in [0.1, 0.15) is 31.4 Å². The predicted molar refractivity (Wildman–Crippen MR) is 80.7 cm³/mol. The fourth-order valence-corrected chi connectivity index (χ4v) is 3.44. The smallest absolute Gasteiger partial charge is 0.243 e. The molecule has 3 rings (SSSR count). The third kappa shape index (κ3) is 2.80. The first-order chi connectivity index (χ1) is 10.0. The lowest BCUT2D eigenvalue weighted by Gasteiger charge is -2.33. The number of piperazine rings is 1. The van der Waals surface area contributed by atoms with Gasteiger partial charge in [-0.05, 0) is 42.2 Å². The fourth-order valence-electron chi connectivity index (χ4n) is 3.44. The molecule has 2 aliphatic rings. The summed E-state index contributed by atoms with van der Waals surface area (Å²) in [5.74, 6) is 0.488. The van der Waals surface area contributed by atoms with Gasteiger partial charge < -0.3 is 10.6 Å². The molecule has 0 aromatic heterocycles. The number of carbonyl (C=O) groups is 2. The number of carbonyl (C=O) groups excluding carboxylic acids is 2. The van der Waals surface area contributed by atoms with E-state index in [4.69, 9.17) is 0 Å². The molecule has 2 amide bonds. The van der Waals surface area contributed by atoms with Crippen LogP contribution in [0.4, 0.5) is 0 Å². The molecule has 2 atom stereocenters. The first-order valence-electron chi connectivity index (χ1n) is 7.72. The van der Waals surface area contributed by atoms with E-state index in [1.54, 1.807) is 0 Å². The summed E-state index contributed by atoms with van der Waals surface area (Å²) in [5.41, 5.74) is 2.60. The molecule has 112 valence electrons. The maximum absolute atomic E-state index is 12.3. The minimum absolute atomic E-state index is 0.0296. The van der Waals surface area contributed by atoms with E-state index in [0.717, 1.165) is 12.8 Å². The second kappa shape index (κ2) is 5.51. The van der Waals surface area contributed by atoms with E-state index in [1.807, 2.05) is 12.1 Å². The highest BCUT2D eigenvalue weighted by atomic mass is 16.2. The van der Waals surface area contributed by atoms with E-state index >= 15 is 0 Å². The zero-order valence-electron chi connectivity index (χ0n) is 12.6. The molecule has 0 bridgehead atoms. The molecular weight excluding hydrogens is 264 g/mol. The molecule has 21 heavy (non-hydrogen) atoms. The molecule has 1 heterocycles. The van der Waals surface area contributed by atoms with E-state index in [2.05, 4.69) is 36.6 Å². The van der Waals surface area contributed by atoms with E-state index < -0.39 is 6.04 Å². The van der Waals surface area contributed by atoms with Gasteiger partial charge in [0.25, 0.3) is 0 Å². The Kier molecular flexibility index (Phi) is 3.70. The average Bonchev–Trinajstić information content (AvgIpc) is 2.85. The lowest BCUT2D eigenvalue weighted by atomic mass is 9.91. The maximum Gasteiger partial charge on any atom is 0.243 e. The molecule has 1 aliphatic carbocycles. The van der Waals surface area contributed by atoms with Gasteiger partial charge in [-0.3, -0.25) is 9.59 Å². The van der Waals surface area contributed by atoms with Gasteiger partial charge in [-0.15, -0.1) is 0 Å². The topological polar surface area (TPSA) is 58.2 Å². The zero-order chi connectivity index (χ0) is 15.0. The minimum Gasteiger partial charge on any atom is -0.343 e. The molecule has 4 heteroatoms. The highest BCUT2D eigenvalue weighted by Gasteiger charge is 2.40. The third-order valence-electron chi connectivity index (χ3n) is 4.47. The van der Waals surface area contributed by atoms with Crippen LogP contribution in [-0.4, -0.2) is 23.9 Å². The van der Waals surface area contributed by atoms with Crippen molar-refractivity contribution in [3.63, 3.8) is 0 Å². The van der Waals surface area contributed by atoms with Gasteiger partial charge in [0.05, 0.1) is 0 Å². The number of benzene rings is 1. The number of hydrogen-bond donors (Lipinski definition) is 2. The summed E-state index contributed by atoms with van der Waals surface area (Å²) in [6, 6.07) is 7.50. The average molecular weight is 286 g/mol. The van der Waals surface area contributed by atoms with Crippen molar-refractivity contribution in [2.24, 2.45) is 11.8 Å². The third-order valence-corrected chi connectivity index (χ3v) is 4.47. The van der Waals surface area contributed by atoms with Crippen molar-refractivity contribution in [2.75, 3.05) is 0 Å². The largest absolute Gasteiger partial charge is 0.343 e. The van der Waals surface area contributed by atoms with Crippen molar-refractivity contribution in [2.45, 2.75) is 45.2 Å². The highest BCUT2D eigenvalue weighted by Crippen LogP contribution is 2.29. The van der Waals surface area contributed by atoms with Crippen LogP contribution >= 0.6 is 0 Å². The van der Waals surface area contributed by atoms with Crippen LogP contribution in [0.25, 0.3) is 0 Å². The quantitative estimate of drug-likeness (QED) is 0.883. The molecule has 0 saturated carbocycles. The van der Waals surface area contributed by atoms with E-state index in [0.29, 0.717) is 12.3 Å². The molecule has 1 aromatic rings. The van der Waals surface area contributed by atoms with Crippen molar-refractivity contribution in [3.8, 4) is 0 Å². The Labute approximate surface area is 125 Å². The van der Waals surface area contributed by atoms with E-state index in [9.17, 15) is 9.59 Å². The van der Waals surface area contributed by atoms with Crippen LogP contribution < -0.4 is 10.6 Å². The van der Waals surface area contributed by atoms with Gasteiger partial charge in [-0.2, -0.15) is 0 Å². The van der Waals surface area contributed by atoms with Crippen LogP contribution in [0.15, 0.2) is 24.3 Å². The molecular formula is C17H22N2O2. The monoisotopic (exact) mass is 286 g/mol. The van der Waals surface area contributed by atoms with Gasteiger partial charge in [-0.25, -0.2) is 0 Å². The summed E-state index contributed by atoms with van der Waals surface area (Å²) >= 11 is 0. The first kappa shape index (κ1) is 14.1. The van der Waals surface area contributed by atoms with Gasteiger partial charge in [0.15, 0.2) is 0 Å². The number of rotatable bonds is 3. The molecule has 1 saturated heterocycles. The molecule has 2 N–H and O–H groups in total. The summed E-state index contributed by atoms with van der Waals surface area (Å²) in [6.07, 6.45) is 2.42. The van der Waals surface area contributed by atoms with Crippen molar-refractivity contribution >= 4 is 11.8 Å². The predicted octanol–water partition coefficient (Wildman–Crippen LogP) is 1.43. The number of nitrogens with one attached hydrogen (secondary N) is 2. The number of hydrogen-bond acceptors (Lipinski definition) is 2. The van der Waals surface area contributed by atoms with Gasteiger partial charge in [0.1, 0.15) is 12.1 Å².